The van der Waals surface area contributed by atoms with Gasteiger partial charge < -0.3 is 10.8 Å². The van der Waals surface area contributed by atoms with E-state index in [1.54, 1.807) is 18.2 Å². The number of hydrogen-bond donors (Lipinski definition) is 2. The molecule has 0 bridgehead atoms. The summed E-state index contributed by atoms with van der Waals surface area (Å²) in [4.78, 5) is 3.88. The van der Waals surface area contributed by atoms with Crippen LogP contribution in [0.2, 0.25) is 5.02 Å². The first-order chi connectivity index (χ1) is 8.56. The van der Waals surface area contributed by atoms with E-state index in [0.29, 0.717) is 17.0 Å². The van der Waals surface area contributed by atoms with Crippen molar-refractivity contribution in [2.24, 2.45) is 0 Å². The maximum absolute atomic E-state index is 12.8. The van der Waals surface area contributed by atoms with Crippen molar-refractivity contribution in [3.63, 3.8) is 0 Å². The van der Waals surface area contributed by atoms with E-state index in [0.717, 1.165) is 5.56 Å². The fourth-order valence-electron chi connectivity index (χ4n) is 1.69. The normalized spacial score (nSPS) is 12.4. The van der Waals surface area contributed by atoms with Gasteiger partial charge in [0.05, 0.1) is 11.1 Å². The zero-order valence-corrected chi connectivity index (χ0v) is 10.2. The predicted molar refractivity (Wildman–Crippen MR) is 68.7 cm³/mol. The summed E-state index contributed by atoms with van der Waals surface area (Å²) in [6.07, 6.45) is 0.930. The van der Waals surface area contributed by atoms with Crippen LogP contribution in [0.15, 0.2) is 36.5 Å². The number of nitrogens with two attached hydrogens (primary N) is 1. The first-order valence-corrected chi connectivity index (χ1v) is 5.77. The van der Waals surface area contributed by atoms with E-state index in [1.807, 2.05) is 0 Å². The number of halogens is 2. The Bertz CT molecular complexity index is 545. The van der Waals surface area contributed by atoms with Crippen molar-refractivity contribution in [3.8, 4) is 0 Å². The Balaban J connectivity index is 2.18. The van der Waals surface area contributed by atoms with Crippen LogP contribution in [-0.2, 0) is 6.42 Å². The van der Waals surface area contributed by atoms with E-state index < -0.39 is 6.10 Å². The van der Waals surface area contributed by atoms with Gasteiger partial charge >= 0.3 is 0 Å². The molecule has 2 aromatic rings. The average molecular weight is 267 g/mol. The van der Waals surface area contributed by atoms with E-state index in [2.05, 4.69) is 4.98 Å². The van der Waals surface area contributed by atoms with E-state index in [-0.39, 0.29) is 11.6 Å². The second kappa shape index (κ2) is 5.33. The van der Waals surface area contributed by atoms with E-state index in [4.69, 9.17) is 17.3 Å². The Kier molecular flexibility index (Phi) is 3.79. The molecule has 1 unspecified atom stereocenters. The Morgan fingerprint density at radius 2 is 2.00 bits per heavy atom. The molecular formula is C13H12ClFN2O. The Hall–Kier alpha value is -1.65. The SMILES string of the molecule is Nc1ncc(Cl)cc1C(O)Cc1ccc(F)cc1. The quantitative estimate of drug-likeness (QED) is 0.898. The van der Waals surface area contributed by atoms with Crippen LogP contribution in [-0.4, -0.2) is 10.1 Å². The van der Waals surface area contributed by atoms with E-state index >= 15 is 0 Å². The highest BCUT2D eigenvalue weighted by Crippen LogP contribution is 2.25. The van der Waals surface area contributed by atoms with Gasteiger partial charge in [0, 0.05) is 18.2 Å². The second-order valence-electron chi connectivity index (χ2n) is 3.97. The third-order valence-corrected chi connectivity index (χ3v) is 2.82. The lowest BCUT2D eigenvalue weighted by atomic mass is 10.0. The number of rotatable bonds is 3. The molecule has 1 heterocycles. The lowest BCUT2D eigenvalue weighted by Crippen LogP contribution is -2.06. The van der Waals surface area contributed by atoms with Crippen molar-refractivity contribution in [1.82, 2.24) is 4.98 Å². The van der Waals surface area contributed by atoms with Crippen molar-refractivity contribution >= 4 is 17.4 Å². The maximum Gasteiger partial charge on any atom is 0.129 e. The molecule has 0 aliphatic carbocycles. The number of aliphatic hydroxyl groups is 1. The van der Waals surface area contributed by atoms with Crippen LogP contribution in [0, 0.1) is 5.82 Å². The van der Waals surface area contributed by atoms with Gasteiger partial charge in [-0.3, -0.25) is 0 Å². The molecule has 0 aliphatic rings. The number of nitrogens with zero attached hydrogens (tertiary/aromatic N) is 1. The van der Waals surface area contributed by atoms with Gasteiger partial charge in [-0.1, -0.05) is 23.7 Å². The molecule has 0 fully saturated rings. The number of aromatic nitrogens is 1. The molecule has 94 valence electrons. The molecule has 5 heteroatoms. The summed E-state index contributed by atoms with van der Waals surface area (Å²) in [5.74, 6) is -0.0637. The number of hydrogen-bond acceptors (Lipinski definition) is 3. The van der Waals surface area contributed by atoms with Gasteiger partial charge in [0.25, 0.3) is 0 Å². The molecule has 0 radical (unpaired) electrons. The van der Waals surface area contributed by atoms with Gasteiger partial charge in [0.2, 0.25) is 0 Å². The molecule has 0 amide bonds. The topological polar surface area (TPSA) is 59.1 Å². The van der Waals surface area contributed by atoms with Crippen LogP contribution in [0.4, 0.5) is 10.2 Å². The summed E-state index contributed by atoms with van der Waals surface area (Å²) < 4.78 is 12.8. The summed E-state index contributed by atoms with van der Waals surface area (Å²) in [5.41, 5.74) is 6.97. The number of aliphatic hydroxyl groups excluding tert-OH is 1. The minimum atomic E-state index is -0.818. The van der Waals surface area contributed by atoms with Crippen molar-refractivity contribution in [3.05, 3.63) is 58.5 Å². The van der Waals surface area contributed by atoms with Gasteiger partial charge in [-0.15, -0.1) is 0 Å². The van der Waals surface area contributed by atoms with Gasteiger partial charge in [-0.2, -0.15) is 0 Å². The lowest BCUT2D eigenvalue weighted by Gasteiger charge is -2.13. The van der Waals surface area contributed by atoms with Gasteiger partial charge in [-0.25, -0.2) is 9.37 Å². The number of anilines is 1. The number of benzene rings is 1. The summed E-state index contributed by atoms with van der Waals surface area (Å²) in [6.45, 7) is 0. The fraction of sp³-hybridized carbons (Fsp3) is 0.154. The molecule has 1 aromatic carbocycles. The van der Waals surface area contributed by atoms with Gasteiger partial charge in [0.1, 0.15) is 11.6 Å². The molecule has 3 nitrogen and oxygen atoms in total. The third kappa shape index (κ3) is 2.97. The molecule has 1 aromatic heterocycles. The molecule has 0 aliphatic heterocycles. The summed E-state index contributed by atoms with van der Waals surface area (Å²) in [6, 6.07) is 7.51. The maximum atomic E-state index is 12.8. The standard InChI is InChI=1S/C13H12ClFN2O/c14-9-6-11(13(16)17-7-9)12(18)5-8-1-3-10(15)4-2-8/h1-4,6-7,12,18H,5H2,(H2,16,17). The highest BCUT2D eigenvalue weighted by Gasteiger charge is 2.13. The van der Waals surface area contributed by atoms with E-state index in [1.165, 1.54) is 18.3 Å². The van der Waals surface area contributed by atoms with Gasteiger partial charge in [0.15, 0.2) is 0 Å². The highest BCUT2D eigenvalue weighted by atomic mass is 35.5. The highest BCUT2D eigenvalue weighted by molar-refractivity contribution is 6.30. The van der Waals surface area contributed by atoms with Crippen molar-refractivity contribution in [1.29, 1.82) is 0 Å². The summed E-state index contributed by atoms with van der Waals surface area (Å²) in [7, 11) is 0. The molecule has 18 heavy (non-hydrogen) atoms. The summed E-state index contributed by atoms with van der Waals surface area (Å²) >= 11 is 5.81. The molecule has 0 saturated heterocycles. The van der Waals surface area contributed by atoms with Crippen LogP contribution in [0.25, 0.3) is 0 Å². The van der Waals surface area contributed by atoms with Crippen LogP contribution < -0.4 is 5.73 Å². The molecule has 0 saturated carbocycles. The molecular weight excluding hydrogens is 255 g/mol. The zero-order valence-electron chi connectivity index (χ0n) is 9.48. The Morgan fingerprint density at radius 1 is 1.33 bits per heavy atom. The molecule has 1 atom stereocenters. The Morgan fingerprint density at radius 3 is 2.67 bits per heavy atom. The second-order valence-corrected chi connectivity index (χ2v) is 4.41. The first kappa shape index (κ1) is 12.8. The van der Waals surface area contributed by atoms with Crippen LogP contribution in [0.1, 0.15) is 17.2 Å². The fourth-order valence-corrected chi connectivity index (χ4v) is 1.85. The van der Waals surface area contributed by atoms with Crippen molar-refractivity contribution in [2.45, 2.75) is 12.5 Å². The molecule has 3 N–H and O–H groups in total. The Labute approximate surface area is 109 Å². The molecule has 2 rings (SSSR count). The summed E-state index contributed by atoms with van der Waals surface area (Å²) in [5, 5.41) is 10.5. The largest absolute Gasteiger partial charge is 0.388 e. The minimum Gasteiger partial charge on any atom is -0.388 e. The van der Waals surface area contributed by atoms with E-state index in [9.17, 15) is 9.50 Å². The minimum absolute atomic E-state index is 0.244. The number of pyridine rings is 1. The monoisotopic (exact) mass is 266 g/mol. The van der Waals surface area contributed by atoms with Gasteiger partial charge in [-0.05, 0) is 23.8 Å². The lowest BCUT2D eigenvalue weighted by molar-refractivity contribution is 0.179. The van der Waals surface area contributed by atoms with Crippen molar-refractivity contribution < 1.29 is 9.50 Å². The van der Waals surface area contributed by atoms with Crippen molar-refractivity contribution in [2.75, 3.05) is 5.73 Å². The smallest absolute Gasteiger partial charge is 0.129 e. The third-order valence-electron chi connectivity index (χ3n) is 2.62. The first-order valence-electron chi connectivity index (χ1n) is 5.39. The van der Waals surface area contributed by atoms with Crippen LogP contribution in [0.3, 0.4) is 0 Å². The van der Waals surface area contributed by atoms with Crippen LogP contribution >= 0.6 is 11.6 Å². The average Bonchev–Trinajstić information content (AvgIpc) is 2.35. The number of nitrogen functional groups attached to an aromatic ring is 1. The predicted octanol–water partition coefficient (Wildman–Crippen LogP) is 2.73. The van der Waals surface area contributed by atoms with Crippen LogP contribution in [0.5, 0.6) is 0 Å². The zero-order chi connectivity index (χ0) is 13.1. The molecule has 0 spiro atoms.